The number of halogens is 3. The molecule has 1 heterocycles. The number of piperazine rings is 1. The van der Waals surface area contributed by atoms with Gasteiger partial charge in [0, 0.05) is 41.3 Å². The summed E-state index contributed by atoms with van der Waals surface area (Å²) in [5.74, 6) is -0.324. The van der Waals surface area contributed by atoms with Crippen LogP contribution in [-0.4, -0.2) is 53.1 Å². The maximum atomic E-state index is 13.0. The molecular formula is C18H23BrF2N2O3. The fourth-order valence-corrected chi connectivity index (χ4v) is 3.18. The van der Waals surface area contributed by atoms with Crippen molar-refractivity contribution < 1.29 is 23.1 Å². The van der Waals surface area contributed by atoms with Crippen molar-refractivity contribution in [3.8, 4) is 0 Å². The smallest absolute Gasteiger partial charge is 0.410 e. The number of carbonyl (C=O) groups excluding carboxylic acids is 2. The molecule has 0 radical (unpaired) electrons. The van der Waals surface area contributed by atoms with Crippen molar-refractivity contribution in [2.24, 2.45) is 0 Å². The predicted octanol–water partition coefficient (Wildman–Crippen LogP) is 4.47. The summed E-state index contributed by atoms with van der Waals surface area (Å²) >= 11 is 3.07. The highest BCUT2D eigenvalue weighted by Crippen LogP contribution is 2.29. The summed E-state index contributed by atoms with van der Waals surface area (Å²) in [6, 6.07) is 3.95. The Labute approximate surface area is 160 Å². The summed E-state index contributed by atoms with van der Waals surface area (Å²) in [6.07, 6.45) is -3.08. The average molecular weight is 433 g/mol. The van der Waals surface area contributed by atoms with Crippen LogP contribution in [0.4, 0.5) is 13.6 Å². The van der Waals surface area contributed by atoms with Gasteiger partial charge >= 0.3 is 6.09 Å². The van der Waals surface area contributed by atoms with Crippen LogP contribution in [0.3, 0.4) is 0 Å². The van der Waals surface area contributed by atoms with Crippen molar-refractivity contribution >= 4 is 27.9 Å². The lowest BCUT2D eigenvalue weighted by Gasteiger charge is -2.40. The van der Waals surface area contributed by atoms with Gasteiger partial charge in [-0.1, -0.05) is 15.9 Å². The highest BCUT2D eigenvalue weighted by atomic mass is 79.9. The van der Waals surface area contributed by atoms with E-state index in [1.165, 1.54) is 18.2 Å². The second-order valence-corrected chi connectivity index (χ2v) is 8.17. The molecule has 1 aromatic carbocycles. The zero-order chi connectivity index (χ0) is 19.6. The standard InChI is InChI=1S/C18H23BrF2N2O3/c1-11-10-22(7-8-23(11)17(25)26-18(2,3)4)16(24)12-5-6-14(19)13(9-12)15(20)21/h5-6,9,11,15H,7-8,10H2,1-4H3/t11-/m0/s1. The molecule has 26 heavy (non-hydrogen) atoms. The topological polar surface area (TPSA) is 49.9 Å². The van der Waals surface area contributed by atoms with Gasteiger partial charge < -0.3 is 14.5 Å². The number of amides is 2. The summed E-state index contributed by atoms with van der Waals surface area (Å²) < 4.78 is 31.7. The van der Waals surface area contributed by atoms with E-state index in [1.54, 1.807) is 30.6 Å². The van der Waals surface area contributed by atoms with E-state index in [4.69, 9.17) is 4.74 Å². The minimum Gasteiger partial charge on any atom is -0.444 e. The largest absolute Gasteiger partial charge is 0.444 e. The molecule has 1 saturated heterocycles. The number of benzene rings is 1. The number of carbonyl (C=O) groups is 2. The highest BCUT2D eigenvalue weighted by molar-refractivity contribution is 9.10. The number of hydrogen-bond donors (Lipinski definition) is 0. The first-order valence-electron chi connectivity index (χ1n) is 8.36. The molecule has 0 aliphatic carbocycles. The quantitative estimate of drug-likeness (QED) is 0.692. The van der Waals surface area contributed by atoms with Crippen LogP contribution in [0.5, 0.6) is 0 Å². The molecule has 1 fully saturated rings. The molecule has 0 saturated carbocycles. The van der Waals surface area contributed by atoms with Gasteiger partial charge in [0.15, 0.2) is 0 Å². The SMILES string of the molecule is C[C@H]1CN(C(=O)c2ccc(Br)c(C(F)F)c2)CCN1C(=O)OC(C)(C)C. The van der Waals surface area contributed by atoms with Crippen molar-refractivity contribution in [3.05, 3.63) is 33.8 Å². The second kappa shape index (κ2) is 7.90. The van der Waals surface area contributed by atoms with Crippen LogP contribution in [0.25, 0.3) is 0 Å². The van der Waals surface area contributed by atoms with E-state index < -0.39 is 18.1 Å². The van der Waals surface area contributed by atoms with Gasteiger partial charge in [0.25, 0.3) is 12.3 Å². The number of hydrogen-bond acceptors (Lipinski definition) is 3. The molecule has 1 atom stereocenters. The van der Waals surface area contributed by atoms with Gasteiger partial charge in [0.2, 0.25) is 0 Å². The predicted molar refractivity (Wildman–Crippen MR) is 97.4 cm³/mol. The first kappa shape index (κ1) is 20.6. The number of ether oxygens (including phenoxy) is 1. The van der Waals surface area contributed by atoms with Crippen LogP contribution in [0.1, 0.15) is 50.0 Å². The van der Waals surface area contributed by atoms with Crippen molar-refractivity contribution in [1.29, 1.82) is 0 Å². The molecule has 0 spiro atoms. The lowest BCUT2D eigenvalue weighted by molar-refractivity contribution is 0.00197. The van der Waals surface area contributed by atoms with Gasteiger partial charge in [-0.15, -0.1) is 0 Å². The number of nitrogens with zero attached hydrogens (tertiary/aromatic N) is 2. The Bertz CT molecular complexity index is 692. The lowest BCUT2D eigenvalue weighted by atomic mass is 10.1. The first-order chi connectivity index (χ1) is 12.0. The zero-order valence-electron chi connectivity index (χ0n) is 15.3. The normalized spacial score (nSPS) is 18.2. The van der Waals surface area contributed by atoms with Crippen LogP contribution in [0, 0.1) is 0 Å². The van der Waals surface area contributed by atoms with Crippen LogP contribution >= 0.6 is 15.9 Å². The third-order valence-electron chi connectivity index (χ3n) is 4.02. The Hall–Kier alpha value is -1.70. The van der Waals surface area contributed by atoms with Crippen molar-refractivity contribution in [2.75, 3.05) is 19.6 Å². The van der Waals surface area contributed by atoms with E-state index >= 15 is 0 Å². The first-order valence-corrected chi connectivity index (χ1v) is 9.15. The molecule has 1 aliphatic heterocycles. The van der Waals surface area contributed by atoms with E-state index in [2.05, 4.69) is 15.9 Å². The molecular weight excluding hydrogens is 410 g/mol. The van der Waals surface area contributed by atoms with Crippen LogP contribution in [0.15, 0.2) is 22.7 Å². The van der Waals surface area contributed by atoms with E-state index in [9.17, 15) is 18.4 Å². The fraction of sp³-hybridized carbons (Fsp3) is 0.556. The molecule has 1 aliphatic rings. The Morgan fingerprint density at radius 1 is 1.27 bits per heavy atom. The summed E-state index contributed by atoms with van der Waals surface area (Å²) in [5.41, 5.74) is -0.593. The van der Waals surface area contributed by atoms with Crippen molar-refractivity contribution in [3.63, 3.8) is 0 Å². The molecule has 2 amide bonds. The Morgan fingerprint density at radius 2 is 1.92 bits per heavy atom. The number of rotatable bonds is 2. The van der Waals surface area contributed by atoms with Gasteiger partial charge in [0.1, 0.15) is 5.60 Å². The Morgan fingerprint density at radius 3 is 2.46 bits per heavy atom. The van der Waals surface area contributed by atoms with Gasteiger partial charge in [-0.2, -0.15) is 0 Å². The zero-order valence-corrected chi connectivity index (χ0v) is 16.8. The Balaban J connectivity index is 2.08. The minimum absolute atomic E-state index is 0.210. The van der Waals surface area contributed by atoms with E-state index in [0.717, 1.165) is 0 Å². The third-order valence-corrected chi connectivity index (χ3v) is 4.74. The van der Waals surface area contributed by atoms with Crippen LogP contribution < -0.4 is 0 Å². The summed E-state index contributed by atoms with van der Waals surface area (Å²) in [5, 5.41) is 0. The van der Waals surface area contributed by atoms with Crippen LogP contribution in [0.2, 0.25) is 0 Å². The molecule has 8 heteroatoms. The van der Waals surface area contributed by atoms with Gasteiger partial charge in [-0.25, -0.2) is 13.6 Å². The summed E-state index contributed by atoms with van der Waals surface area (Å²) in [4.78, 5) is 28.1. The molecule has 2 rings (SSSR count). The third kappa shape index (κ3) is 4.93. The molecule has 144 valence electrons. The van der Waals surface area contributed by atoms with E-state index in [0.29, 0.717) is 19.6 Å². The van der Waals surface area contributed by atoms with Gasteiger partial charge in [-0.05, 0) is 45.9 Å². The monoisotopic (exact) mass is 432 g/mol. The molecule has 1 aromatic rings. The maximum absolute atomic E-state index is 13.0. The molecule has 5 nitrogen and oxygen atoms in total. The Kier molecular flexibility index (Phi) is 6.26. The molecule has 0 bridgehead atoms. The number of alkyl halides is 2. The second-order valence-electron chi connectivity index (χ2n) is 7.31. The molecule has 0 aromatic heterocycles. The molecule has 0 unspecified atom stereocenters. The van der Waals surface area contributed by atoms with Crippen molar-refractivity contribution in [2.45, 2.75) is 45.8 Å². The van der Waals surface area contributed by atoms with Gasteiger partial charge in [0.05, 0.1) is 0 Å². The highest BCUT2D eigenvalue weighted by Gasteiger charge is 2.33. The summed E-state index contributed by atoms with van der Waals surface area (Å²) in [6.45, 7) is 8.19. The van der Waals surface area contributed by atoms with Crippen LogP contribution in [-0.2, 0) is 4.74 Å². The van der Waals surface area contributed by atoms with E-state index in [1.807, 2.05) is 6.92 Å². The minimum atomic E-state index is -2.67. The average Bonchev–Trinajstić information content (AvgIpc) is 2.52. The van der Waals surface area contributed by atoms with E-state index in [-0.39, 0.29) is 27.5 Å². The van der Waals surface area contributed by atoms with Gasteiger partial charge in [-0.3, -0.25) is 4.79 Å². The maximum Gasteiger partial charge on any atom is 0.410 e. The fourth-order valence-electron chi connectivity index (χ4n) is 2.76. The summed E-state index contributed by atoms with van der Waals surface area (Å²) in [7, 11) is 0. The van der Waals surface area contributed by atoms with Crippen molar-refractivity contribution in [1.82, 2.24) is 9.80 Å². The lowest BCUT2D eigenvalue weighted by Crippen LogP contribution is -2.56. The molecule has 0 N–H and O–H groups in total.